The molecule has 122 valence electrons. The Morgan fingerprint density at radius 3 is 2.96 bits per heavy atom. The van der Waals surface area contributed by atoms with Gasteiger partial charge in [-0.15, -0.1) is 0 Å². The highest BCUT2D eigenvalue weighted by molar-refractivity contribution is 5.95. The highest BCUT2D eigenvalue weighted by atomic mass is 16.3. The molecule has 5 nitrogen and oxygen atoms in total. The van der Waals surface area contributed by atoms with Crippen LogP contribution in [0, 0.1) is 0 Å². The molecule has 2 aromatic rings. The maximum atomic E-state index is 12.3. The van der Waals surface area contributed by atoms with E-state index in [-0.39, 0.29) is 5.91 Å². The molecular weight excluding hydrogens is 290 g/mol. The SMILES string of the molecule is CNCCNC(=O)c1ccoc1CN1c2ccccc2CC1C. The minimum atomic E-state index is -0.0795. The Hall–Kier alpha value is -2.27. The Balaban J connectivity index is 1.74. The quantitative estimate of drug-likeness (QED) is 0.803. The molecule has 5 heteroatoms. The average Bonchev–Trinajstić information content (AvgIpc) is 3.13. The van der Waals surface area contributed by atoms with E-state index in [1.54, 1.807) is 12.3 Å². The average molecular weight is 313 g/mol. The summed E-state index contributed by atoms with van der Waals surface area (Å²) in [5.41, 5.74) is 3.21. The van der Waals surface area contributed by atoms with E-state index in [4.69, 9.17) is 4.42 Å². The van der Waals surface area contributed by atoms with Crippen molar-refractivity contribution in [1.29, 1.82) is 0 Å². The summed E-state index contributed by atoms with van der Waals surface area (Å²) in [6, 6.07) is 10.6. The molecule has 2 heterocycles. The number of nitrogens with zero attached hydrogens (tertiary/aromatic N) is 1. The topological polar surface area (TPSA) is 57.5 Å². The van der Waals surface area contributed by atoms with Crippen LogP contribution in [0.5, 0.6) is 0 Å². The third kappa shape index (κ3) is 3.24. The Labute approximate surface area is 136 Å². The number of likely N-dealkylation sites (N-methyl/N-ethyl adjacent to an activating group) is 1. The Morgan fingerprint density at radius 1 is 1.30 bits per heavy atom. The van der Waals surface area contributed by atoms with Gasteiger partial charge in [-0.05, 0) is 38.1 Å². The third-order valence-corrected chi connectivity index (χ3v) is 4.31. The zero-order valence-corrected chi connectivity index (χ0v) is 13.6. The lowest BCUT2D eigenvalue weighted by atomic mass is 10.1. The zero-order valence-electron chi connectivity index (χ0n) is 13.6. The Kier molecular flexibility index (Phi) is 4.67. The van der Waals surface area contributed by atoms with Gasteiger partial charge in [-0.3, -0.25) is 4.79 Å². The molecule has 1 aromatic heterocycles. The fourth-order valence-electron chi connectivity index (χ4n) is 3.09. The van der Waals surface area contributed by atoms with E-state index in [2.05, 4.69) is 46.7 Å². The second-order valence-electron chi connectivity index (χ2n) is 5.93. The molecule has 0 fully saturated rings. The van der Waals surface area contributed by atoms with Crippen LogP contribution in [-0.2, 0) is 13.0 Å². The summed E-state index contributed by atoms with van der Waals surface area (Å²) in [7, 11) is 1.86. The van der Waals surface area contributed by atoms with Gasteiger partial charge in [0.1, 0.15) is 5.76 Å². The molecule has 0 aliphatic carbocycles. The van der Waals surface area contributed by atoms with E-state index in [1.165, 1.54) is 11.3 Å². The second kappa shape index (κ2) is 6.87. The summed E-state index contributed by atoms with van der Waals surface area (Å²) >= 11 is 0. The van der Waals surface area contributed by atoms with Gasteiger partial charge in [0.05, 0.1) is 18.4 Å². The summed E-state index contributed by atoms with van der Waals surface area (Å²) < 4.78 is 5.60. The van der Waals surface area contributed by atoms with Crippen molar-refractivity contribution < 1.29 is 9.21 Å². The van der Waals surface area contributed by atoms with Crippen LogP contribution >= 0.6 is 0 Å². The lowest BCUT2D eigenvalue weighted by molar-refractivity contribution is 0.0952. The molecule has 1 aliphatic heterocycles. The fraction of sp³-hybridized carbons (Fsp3) is 0.389. The number of amides is 1. The second-order valence-corrected chi connectivity index (χ2v) is 5.93. The number of nitrogens with one attached hydrogen (secondary N) is 2. The van der Waals surface area contributed by atoms with Crippen molar-refractivity contribution in [2.75, 3.05) is 25.0 Å². The molecule has 0 saturated carbocycles. The number of benzene rings is 1. The lowest BCUT2D eigenvalue weighted by Gasteiger charge is -2.24. The van der Waals surface area contributed by atoms with Gasteiger partial charge >= 0.3 is 0 Å². The number of furan rings is 1. The van der Waals surface area contributed by atoms with Gasteiger partial charge < -0.3 is 20.0 Å². The van der Waals surface area contributed by atoms with E-state index in [9.17, 15) is 4.79 Å². The van der Waals surface area contributed by atoms with Crippen LogP contribution < -0.4 is 15.5 Å². The van der Waals surface area contributed by atoms with Crippen LogP contribution in [0.4, 0.5) is 5.69 Å². The highest BCUT2D eigenvalue weighted by Crippen LogP contribution is 2.33. The van der Waals surface area contributed by atoms with Gasteiger partial charge in [-0.2, -0.15) is 0 Å². The minimum absolute atomic E-state index is 0.0795. The van der Waals surface area contributed by atoms with E-state index < -0.39 is 0 Å². The summed E-state index contributed by atoms with van der Waals surface area (Å²) in [6.45, 7) is 4.16. The maximum absolute atomic E-state index is 12.3. The van der Waals surface area contributed by atoms with Crippen molar-refractivity contribution in [3.8, 4) is 0 Å². The maximum Gasteiger partial charge on any atom is 0.254 e. The third-order valence-electron chi connectivity index (χ3n) is 4.31. The zero-order chi connectivity index (χ0) is 16.2. The molecule has 1 atom stereocenters. The van der Waals surface area contributed by atoms with E-state index in [0.717, 1.165) is 18.7 Å². The molecule has 2 N–H and O–H groups in total. The van der Waals surface area contributed by atoms with Gasteiger partial charge in [0, 0.05) is 24.8 Å². The van der Waals surface area contributed by atoms with Crippen molar-refractivity contribution in [1.82, 2.24) is 10.6 Å². The number of hydrogen-bond donors (Lipinski definition) is 2. The predicted octanol–water partition coefficient (Wildman–Crippen LogP) is 2.18. The molecule has 0 saturated heterocycles. The fourth-order valence-corrected chi connectivity index (χ4v) is 3.09. The van der Waals surface area contributed by atoms with Crippen LogP contribution in [0.3, 0.4) is 0 Å². The standard InChI is InChI=1S/C18H23N3O2/c1-13-11-14-5-3-4-6-16(14)21(13)12-17-15(7-10-23-17)18(22)20-9-8-19-2/h3-7,10,13,19H,8-9,11-12H2,1-2H3,(H,20,22). The van der Waals surface area contributed by atoms with E-state index in [0.29, 0.717) is 24.7 Å². The summed E-state index contributed by atoms with van der Waals surface area (Å²) in [4.78, 5) is 14.6. The van der Waals surface area contributed by atoms with Crippen molar-refractivity contribution in [2.45, 2.75) is 25.9 Å². The van der Waals surface area contributed by atoms with Gasteiger partial charge in [-0.25, -0.2) is 0 Å². The first-order valence-electron chi connectivity index (χ1n) is 8.04. The Morgan fingerprint density at radius 2 is 2.13 bits per heavy atom. The van der Waals surface area contributed by atoms with Gasteiger partial charge in [0.25, 0.3) is 5.91 Å². The predicted molar refractivity (Wildman–Crippen MR) is 90.8 cm³/mol. The van der Waals surface area contributed by atoms with Gasteiger partial charge in [0.15, 0.2) is 0 Å². The molecule has 1 aliphatic rings. The van der Waals surface area contributed by atoms with Crippen LogP contribution in [0.1, 0.15) is 28.6 Å². The lowest BCUT2D eigenvalue weighted by Crippen LogP contribution is -2.32. The number of rotatable bonds is 6. The van der Waals surface area contributed by atoms with Crippen LogP contribution in [-0.4, -0.2) is 32.1 Å². The number of para-hydroxylation sites is 1. The molecular formula is C18H23N3O2. The van der Waals surface area contributed by atoms with Crippen molar-refractivity contribution in [2.24, 2.45) is 0 Å². The van der Waals surface area contributed by atoms with Crippen molar-refractivity contribution >= 4 is 11.6 Å². The first-order valence-corrected chi connectivity index (χ1v) is 8.04. The summed E-state index contributed by atoms with van der Waals surface area (Å²) in [5.74, 6) is 0.639. The smallest absolute Gasteiger partial charge is 0.254 e. The molecule has 23 heavy (non-hydrogen) atoms. The molecule has 0 spiro atoms. The number of anilines is 1. The molecule has 1 unspecified atom stereocenters. The molecule has 1 aromatic carbocycles. The number of fused-ring (bicyclic) bond motifs is 1. The largest absolute Gasteiger partial charge is 0.467 e. The molecule has 0 radical (unpaired) electrons. The van der Waals surface area contributed by atoms with E-state index >= 15 is 0 Å². The number of carbonyl (C=O) groups excluding carboxylic acids is 1. The molecule has 1 amide bonds. The highest BCUT2D eigenvalue weighted by Gasteiger charge is 2.27. The molecule has 0 bridgehead atoms. The van der Waals surface area contributed by atoms with Crippen LogP contribution in [0.2, 0.25) is 0 Å². The first-order chi connectivity index (χ1) is 11.2. The van der Waals surface area contributed by atoms with Crippen molar-refractivity contribution in [3.63, 3.8) is 0 Å². The van der Waals surface area contributed by atoms with Crippen LogP contribution in [0.15, 0.2) is 41.0 Å². The van der Waals surface area contributed by atoms with Crippen molar-refractivity contribution in [3.05, 3.63) is 53.5 Å². The van der Waals surface area contributed by atoms with Gasteiger partial charge in [-0.1, -0.05) is 18.2 Å². The number of hydrogen-bond acceptors (Lipinski definition) is 4. The van der Waals surface area contributed by atoms with Gasteiger partial charge in [0.2, 0.25) is 0 Å². The normalized spacial score (nSPS) is 16.4. The summed E-state index contributed by atoms with van der Waals surface area (Å²) in [6.07, 6.45) is 2.62. The minimum Gasteiger partial charge on any atom is -0.467 e. The number of carbonyl (C=O) groups is 1. The molecule has 3 rings (SSSR count). The summed E-state index contributed by atoms with van der Waals surface area (Å²) in [5, 5.41) is 5.91. The monoisotopic (exact) mass is 313 g/mol. The first kappa shape index (κ1) is 15.6. The van der Waals surface area contributed by atoms with Crippen LogP contribution in [0.25, 0.3) is 0 Å². The Bertz CT molecular complexity index is 680. The van der Waals surface area contributed by atoms with E-state index in [1.807, 2.05) is 7.05 Å².